The molecule has 0 amide bonds. The minimum atomic E-state index is -4.44. The summed E-state index contributed by atoms with van der Waals surface area (Å²) in [7, 11) is 0. The Morgan fingerprint density at radius 1 is 1.00 bits per heavy atom. The van der Waals surface area contributed by atoms with Crippen LogP contribution < -0.4 is 0 Å². The summed E-state index contributed by atoms with van der Waals surface area (Å²) in [6, 6.07) is 0. The molecular weight excluding hydrogens is 271 g/mol. The molecule has 0 aliphatic carbocycles. The van der Waals surface area contributed by atoms with Crippen molar-refractivity contribution in [2.75, 3.05) is 0 Å². The Bertz CT molecular complexity index is 11.6. The van der Waals surface area contributed by atoms with E-state index in [4.69, 9.17) is 0 Å². The fourth-order valence-electron chi connectivity index (χ4n) is 0. The van der Waals surface area contributed by atoms with E-state index in [1.54, 1.807) is 0 Å². The second-order valence-corrected chi connectivity index (χ2v) is 0.821. The Morgan fingerprint density at radius 2 is 1.00 bits per heavy atom. The van der Waals surface area contributed by atoms with Crippen LogP contribution in [-0.2, 0) is 0 Å². The van der Waals surface area contributed by atoms with E-state index in [0.29, 0.717) is 0 Å². The fourth-order valence-corrected chi connectivity index (χ4v) is 0. The van der Waals surface area contributed by atoms with Gasteiger partial charge in [-0.1, -0.05) is 0 Å². The zero-order valence-electron chi connectivity index (χ0n) is 1.39. The molecule has 0 aromatic heterocycles. The molecule has 0 heterocycles. The van der Waals surface area contributed by atoms with Crippen molar-refractivity contribution < 1.29 is 37.8 Å². The molecule has 0 aromatic carbocycles. The number of hydrogen-bond acceptors (Lipinski definition) is 0. The SMILES string of the molecule is [F][Lu]([F])[F].[KH]. The van der Waals surface area contributed by atoms with E-state index >= 15 is 0 Å². The van der Waals surface area contributed by atoms with Gasteiger partial charge in [-0.2, -0.15) is 0 Å². The van der Waals surface area contributed by atoms with Crippen molar-refractivity contribution in [3.05, 3.63) is 0 Å². The van der Waals surface area contributed by atoms with Crippen molar-refractivity contribution in [3.8, 4) is 0 Å². The molecule has 38 valence electrons. The third-order valence-corrected chi connectivity index (χ3v) is 0. The van der Waals surface area contributed by atoms with E-state index in [2.05, 4.69) is 0 Å². The summed E-state index contributed by atoms with van der Waals surface area (Å²) in [5.74, 6) is 0. The quantitative estimate of drug-likeness (QED) is 0.567. The van der Waals surface area contributed by atoms with Gasteiger partial charge in [0.05, 0.1) is 0 Å². The molecule has 0 rings (SSSR count). The molecule has 0 fully saturated rings. The molecule has 0 nitrogen and oxygen atoms in total. The first-order valence-corrected chi connectivity index (χ1v) is 2.17. The Morgan fingerprint density at radius 3 is 1.00 bits per heavy atom. The van der Waals surface area contributed by atoms with Gasteiger partial charge in [0.1, 0.15) is 0 Å². The summed E-state index contributed by atoms with van der Waals surface area (Å²) in [6.45, 7) is 0. The van der Waals surface area contributed by atoms with Gasteiger partial charge < -0.3 is 0 Å². The average Bonchev–Trinajstić information content (AvgIpc) is 0.811. The van der Waals surface area contributed by atoms with Gasteiger partial charge >= 0.3 is 89.2 Å². The summed E-state index contributed by atoms with van der Waals surface area (Å²) < 4.78 is 29.3. The van der Waals surface area contributed by atoms with Crippen LogP contribution in [-0.4, -0.2) is 51.4 Å². The van der Waals surface area contributed by atoms with Crippen molar-refractivity contribution in [1.82, 2.24) is 0 Å². The molecule has 0 N–H and O–H groups in total. The molecule has 0 saturated carbocycles. The molecule has 0 aromatic rings. The maximum atomic E-state index is 9.78. The van der Waals surface area contributed by atoms with Crippen LogP contribution in [0.4, 0.5) is 4.39 Å². The van der Waals surface area contributed by atoms with Crippen LogP contribution in [0.2, 0.25) is 0 Å². The van der Waals surface area contributed by atoms with E-state index in [9.17, 15) is 4.39 Å². The number of rotatable bonds is 0. The monoisotopic (exact) mass is 272 g/mol. The van der Waals surface area contributed by atoms with E-state index in [1.165, 1.54) is 0 Å². The predicted molar refractivity (Wildman–Crippen MR) is 10.5 cm³/mol. The maximum absolute atomic E-state index is 9.78. The van der Waals surface area contributed by atoms with Crippen molar-refractivity contribution >= 4 is 51.4 Å². The van der Waals surface area contributed by atoms with E-state index in [0.717, 1.165) is 0 Å². The number of halogens is 3. The Balaban J connectivity index is 0. The molecule has 5 heteroatoms. The van der Waals surface area contributed by atoms with E-state index in [-0.39, 0.29) is 51.4 Å². The summed E-state index contributed by atoms with van der Waals surface area (Å²) in [5.41, 5.74) is 0. The van der Waals surface area contributed by atoms with Gasteiger partial charge in [-0.25, -0.2) is 0 Å². The standard InChI is InChI=1S/3FH.K.Lu.H/h3*1H;;;/q;;;;+3;/p-3. The van der Waals surface area contributed by atoms with Crippen LogP contribution in [0.5, 0.6) is 0 Å². The Kier molecular flexibility index (Phi) is 14.1. The molecule has 0 saturated heterocycles. The fraction of sp³-hybridized carbons (Fsp3) is 0. The van der Waals surface area contributed by atoms with Crippen LogP contribution in [0, 0.1) is 33.4 Å². The van der Waals surface area contributed by atoms with Gasteiger partial charge in [0.25, 0.3) is 0 Å². The topological polar surface area (TPSA) is 0 Å². The first kappa shape index (κ1) is 10.6. The second-order valence-electron chi connectivity index (χ2n) is 0.111. The van der Waals surface area contributed by atoms with Gasteiger partial charge in [-0.15, -0.1) is 0 Å². The van der Waals surface area contributed by atoms with Crippen molar-refractivity contribution in [3.63, 3.8) is 0 Å². The predicted octanol–water partition coefficient (Wildman–Crippen LogP) is 0.612. The molecule has 0 aliphatic rings. The molecule has 0 bridgehead atoms. The molecule has 0 atom stereocenters. The third kappa shape index (κ3) is 20.4. The molecule has 0 unspecified atom stereocenters. The molecule has 0 aliphatic heterocycles. The van der Waals surface area contributed by atoms with Crippen LogP contribution in [0.15, 0.2) is 0 Å². The van der Waals surface area contributed by atoms with E-state index < -0.39 is 33.4 Å². The second kappa shape index (κ2) is 6.66. The average molecular weight is 272 g/mol. The molecule has 5 heavy (non-hydrogen) atoms. The normalized spacial score (nSPS) is 9.00. The minimum absolute atomic E-state index is 0. The number of hydrogen-bond donors (Lipinski definition) is 0. The first-order chi connectivity index (χ1) is 1.73. The summed E-state index contributed by atoms with van der Waals surface area (Å²) in [6.07, 6.45) is 0. The van der Waals surface area contributed by atoms with Crippen molar-refractivity contribution in [2.24, 2.45) is 0 Å². The summed E-state index contributed by atoms with van der Waals surface area (Å²) in [5, 5.41) is 0. The first-order valence-electron chi connectivity index (χ1n) is 0.293. The Labute approximate surface area is 86.6 Å². The van der Waals surface area contributed by atoms with Gasteiger partial charge in [0.15, 0.2) is 0 Å². The third-order valence-electron chi connectivity index (χ3n) is 0. The van der Waals surface area contributed by atoms with Crippen molar-refractivity contribution in [1.29, 1.82) is 0 Å². The Hall–Kier alpha value is 2.66. The zero-order valence-corrected chi connectivity index (χ0v) is 3.05. The van der Waals surface area contributed by atoms with Crippen molar-refractivity contribution in [2.45, 2.75) is 0 Å². The van der Waals surface area contributed by atoms with E-state index in [1.807, 2.05) is 0 Å². The zero-order chi connectivity index (χ0) is 3.58. The van der Waals surface area contributed by atoms with Gasteiger partial charge in [-0.3, -0.25) is 0 Å². The van der Waals surface area contributed by atoms with Crippen LogP contribution in [0.25, 0.3) is 0 Å². The van der Waals surface area contributed by atoms with Crippen LogP contribution in [0.1, 0.15) is 0 Å². The molecule has 0 radical (unpaired) electrons. The summed E-state index contributed by atoms with van der Waals surface area (Å²) >= 11 is -4.44. The molecular formula is HF3KLu. The summed E-state index contributed by atoms with van der Waals surface area (Å²) in [4.78, 5) is 0. The van der Waals surface area contributed by atoms with Gasteiger partial charge in [0.2, 0.25) is 0 Å². The van der Waals surface area contributed by atoms with Gasteiger partial charge in [-0.05, 0) is 0 Å². The van der Waals surface area contributed by atoms with Crippen LogP contribution in [0.3, 0.4) is 0 Å². The molecule has 0 spiro atoms. The van der Waals surface area contributed by atoms with Gasteiger partial charge in [0, 0.05) is 0 Å². The van der Waals surface area contributed by atoms with Crippen LogP contribution >= 0.6 is 0 Å².